The van der Waals surface area contributed by atoms with Crippen molar-refractivity contribution in [1.82, 2.24) is 53.2 Å². The molecule has 33 heavy (non-hydrogen) atoms. The lowest BCUT2D eigenvalue weighted by Gasteiger charge is -2.26. The Labute approximate surface area is 184 Å². The molecule has 19 heteroatoms. The van der Waals surface area contributed by atoms with Gasteiger partial charge in [-0.1, -0.05) is 0 Å². The Bertz CT molecular complexity index is 800. The number of carbonyl (C=O) groups excluding carboxylic acids is 7. The van der Waals surface area contributed by atoms with E-state index in [4.69, 9.17) is 0 Å². The van der Waals surface area contributed by atoms with Crippen molar-refractivity contribution in [3.05, 3.63) is 0 Å². The lowest BCUT2D eigenvalue weighted by Crippen LogP contribution is -2.66. The van der Waals surface area contributed by atoms with Crippen LogP contribution in [0.2, 0.25) is 0 Å². The predicted octanol–water partition coefficient (Wildman–Crippen LogP) is -6.10. The first-order valence-electron chi connectivity index (χ1n) is 9.18. The van der Waals surface area contributed by atoms with Crippen LogP contribution in [0.1, 0.15) is 0 Å². The second kappa shape index (κ2) is 10.3. The number of amides is 12. The highest BCUT2D eigenvalue weighted by Crippen LogP contribution is 2.06. The van der Waals surface area contributed by atoms with Crippen molar-refractivity contribution in [2.45, 2.75) is 11.3 Å². The van der Waals surface area contributed by atoms with E-state index in [9.17, 15) is 43.8 Å². The summed E-state index contributed by atoms with van der Waals surface area (Å²) in [6.45, 7) is -0.830. The predicted molar refractivity (Wildman–Crippen MR) is 103 cm³/mol. The molecular weight excluding hydrogens is 452 g/mol. The molecule has 2 unspecified atom stereocenters. The average Bonchev–Trinajstić information content (AvgIpc) is 3.41. The van der Waals surface area contributed by atoms with Crippen molar-refractivity contribution in [3.8, 4) is 0 Å². The SMILES string of the molecule is O=C(NCNC(=O)NC1(CO)NC(=O)NC1=O)NC1(CO)NC(=O)NC1=O.O=C1NCCN1. The summed E-state index contributed by atoms with van der Waals surface area (Å²) >= 11 is 0. The molecule has 0 bridgehead atoms. The number of imide groups is 2. The standard InChI is InChI=1S/C11H16N8O8.C3H6N2O/c20-1-10(4(22)14-8(26)18-10)16-6(24)12-3-13-7(25)17-11(2-21)5(23)15-9(27)19-11;6-3-4-1-2-5-3/h20-21H,1-3H2,(H2,12,16,24)(H2,13,17,25)(H2,14,18,22,26)(H2,15,19,23,27);1-2H2,(H2,4,5,6). The highest BCUT2D eigenvalue weighted by molar-refractivity contribution is 6.09. The third kappa shape index (κ3) is 6.07. The van der Waals surface area contributed by atoms with Crippen LogP contribution in [0, 0.1) is 0 Å². The fraction of sp³-hybridized carbons (Fsp3) is 0.500. The van der Waals surface area contributed by atoms with Gasteiger partial charge >= 0.3 is 30.2 Å². The highest BCUT2D eigenvalue weighted by atomic mass is 16.3. The van der Waals surface area contributed by atoms with Crippen molar-refractivity contribution in [2.75, 3.05) is 33.0 Å². The second-order valence-electron chi connectivity index (χ2n) is 6.56. The summed E-state index contributed by atoms with van der Waals surface area (Å²) in [6.07, 6.45) is 0. The molecule has 3 heterocycles. The van der Waals surface area contributed by atoms with Crippen molar-refractivity contribution in [3.63, 3.8) is 0 Å². The minimum Gasteiger partial charge on any atom is -0.391 e. The van der Waals surface area contributed by atoms with Crippen molar-refractivity contribution >= 4 is 42.0 Å². The van der Waals surface area contributed by atoms with Gasteiger partial charge < -0.3 is 52.7 Å². The van der Waals surface area contributed by atoms with Crippen LogP contribution in [0.15, 0.2) is 0 Å². The second-order valence-corrected chi connectivity index (χ2v) is 6.56. The van der Waals surface area contributed by atoms with Crippen molar-refractivity contribution in [1.29, 1.82) is 0 Å². The number of hydrogen-bond donors (Lipinski definition) is 12. The maximum Gasteiger partial charge on any atom is 0.323 e. The van der Waals surface area contributed by atoms with Crippen LogP contribution < -0.4 is 53.2 Å². The van der Waals surface area contributed by atoms with Gasteiger partial charge in [-0.15, -0.1) is 0 Å². The summed E-state index contributed by atoms with van der Waals surface area (Å²) in [7, 11) is 0. The van der Waals surface area contributed by atoms with Crippen molar-refractivity contribution in [2.24, 2.45) is 0 Å². The summed E-state index contributed by atoms with van der Waals surface area (Å²) in [4.78, 5) is 79.0. The summed E-state index contributed by atoms with van der Waals surface area (Å²) in [5.74, 6) is -1.97. The average molecular weight is 474 g/mol. The van der Waals surface area contributed by atoms with Gasteiger partial charge in [-0.2, -0.15) is 0 Å². The zero-order valence-corrected chi connectivity index (χ0v) is 16.8. The molecule has 19 nitrogen and oxygen atoms in total. The Kier molecular flexibility index (Phi) is 7.75. The first kappa shape index (κ1) is 24.9. The molecule has 0 radical (unpaired) electrons. The lowest BCUT2D eigenvalue weighted by molar-refractivity contribution is -0.126. The minimum absolute atomic E-state index is 0.0463. The number of hydrogen-bond acceptors (Lipinski definition) is 9. The van der Waals surface area contributed by atoms with Gasteiger partial charge in [-0.3, -0.25) is 20.2 Å². The Morgan fingerprint density at radius 1 is 0.727 bits per heavy atom. The van der Waals surface area contributed by atoms with Crippen LogP contribution in [0.4, 0.5) is 24.0 Å². The topological polar surface area (TPSA) is 280 Å². The highest BCUT2D eigenvalue weighted by Gasteiger charge is 2.48. The molecular formula is C14H22N10O9. The van der Waals surface area contributed by atoms with E-state index in [1.807, 2.05) is 31.9 Å². The zero-order chi connectivity index (χ0) is 24.6. The molecule has 3 aliphatic heterocycles. The Hall–Kier alpha value is -4.39. The largest absolute Gasteiger partial charge is 0.391 e. The summed E-state index contributed by atoms with van der Waals surface area (Å²) in [5, 5.41) is 39.6. The molecule has 0 aromatic heterocycles. The van der Waals surface area contributed by atoms with E-state index < -0.39 is 67.1 Å². The van der Waals surface area contributed by atoms with Gasteiger partial charge in [0, 0.05) is 13.1 Å². The van der Waals surface area contributed by atoms with Crippen molar-refractivity contribution < 1.29 is 43.8 Å². The molecule has 2 atom stereocenters. The Balaban J connectivity index is 0.000000554. The number of aliphatic hydroxyl groups excluding tert-OH is 2. The lowest BCUT2D eigenvalue weighted by atomic mass is 10.2. The van der Waals surface area contributed by atoms with Gasteiger partial charge in [0.05, 0.1) is 19.9 Å². The third-order valence-corrected chi connectivity index (χ3v) is 4.21. The number of urea groups is 5. The van der Waals surface area contributed by atoms with Gasteiger partial charge in [0.2, 0.25) is 11.3 Å². The first-order chi connectivity index (χ1) is 15.6. The smallest absolute Gasteiger partial charge is 0.323 e. The van der Waals surface area contributed by atoms with Crippen LogP contribution in [0.25, 0.3) is 0 Å². The van der Waals surface area contributed by atoms with E-state index in [0.29, 0.717) is 0 Å². The summed E-state index contributed by atoms with van der Waals surface area (Å²) < 4.78 is 0. The monoisotopic (exact) mass is 474 g/mol. The van der Waals surface area contributed by atoms with Gasteiger partial charge in [-0.25, -0.2) is 24.0 Å². The molecule has 0 aromatic carbocycles. The van der Waals surface area contributed by atoms with Crippen LogP contribution >= 0.6 is 0 Å². The van der Waals surface area contributed by atoms with Gasteiger partial charge in [0.15, 0.2) is 0 Å². The number of carbonyl (C=O) groups is 7. The van der Waals surface area contributed by atoms with Gasteiger partial charge in [0.1, 0.15) is 0 Å². The van der Waals surface area contributed by atoms with E-state index >= 15 is 0 Å². The number of nitrogens with one attached hydrogen (secondary N) is 10. The molecule has 12 N–H and O–H groups in total. The normalized spacial score (nSPS) is 25.2. The maximum atomic E-state index is 11.8. The molecule has 0 saturated carbocycles. The quantitative estimate of drug-likeness (QED) is 0.129. The van der Waals surface area contributed by atoms with Gasteiger partial charge in [0.25, 0.3) is 11.8 Å². The summed E-state index contributed by atoms with van der Waals surface area (Å²) in [5.41, 5.74) is -4.12. The molecule has 0 aliphatic carbocycles. The van der Waals surface area contributed by atoms with E-state index in [-0.39, 0.29) is 6.03 Å². The Morgan fingerprint density at radius 3 is 1.36 bits per heavy atom. The van der Waals surface area contributed by atoms with E-state index in [0.717, 1.165) is 13.1 Å². The molecule has 182 valence electrons. The van der Waals surface area contributed by atoms with Crippen LogP contribution in [-0.2, 0) is 9.59 Å². The molecule has 3 rings (SSSR count). The van der Waals surface area contributed by atoms with E-state index in [1.54, 1.807) is 0 Å². The Morgan fingerprint density at radius 2 is 1.12 bits per heavy atom. The first-order valence-corrected chi connectivity index (χ1v) is 9.18. The molecule has 12 amide bonds. The zero-order valence-electron chi connectivity index (χ0n) is 16.8. The fourth-order valence-corrected chi connectivity index (χ4v) is 2.56. The number of aliphatic hydroxyl groups is 2. The van der Waals surface area contributed by atoms with E-state index in [1.165, 1.54) is 0 Å². The number of rotatable bonds is 6. The fourth-order valence-electron chi connectivity index (χ4n) is 2.56. The van der Waals surface area contributed by atoms with Crippen LogP contribution in [-0.4, -0.2) is 96.5 Å². The third-order valence-electron chi connectivity index (χ3n) is 4.21. The van der Waals surface area contributed by atoms with Crippen LogP contribution in [0.5, 0.6) is 0 Å². The van der Waals surface area contributed by atoms with Crippen LogP contribution in [0.3, 0.4) is 0 Å². The molecule has 0 spiro atoms. The molecule has 3 fully saturated rings. The van der Waals surface area contributed by atoms with E-state index in [2.05, 4.69) is 21.3 Å². The summed E-state index contributed by atoms with van der Waals surface area (Å²) in [6, 6.07) is -3.96. The molecule has 3 saturated heterocycles. The van der Waals surface area contributed by atoms with Gasteiger partial charge in [-0.05, 0) is 0 Å². The maximum absolute atomic E-state index is 11.8. The molecule has 3 aliphatic rings. The minimum atomic E-state index is -2.06. The molecule has 0 aromatic rings.